The van der Waals surface area contributed by atoms with Crippen molar-refractivity contribution in [3.05, 3.63) is 82.3 Å². The van der Waals surface area contributed by atoms with E-state index in [2.05, 4.69) is 15.0 Å². The molecule has 10 heteroatoms. The molecule has 0 bridgehead atoms. The van der Waals surface area contributed by atoms with Crippen LogP contribution >= 0.6 is 34.5 Å². The third kappa shape index (κ3) is 4.41. The Hall–Kier alpha value is -2.65. The molecule has 0 aliphatic heterocycles. The van der Waals surface area contributed by atoms with E-state index in [0.717, 1.165) is 4.70 Å². The van der Waals surface area contributed by atoms with Gasteiger partial charge in [0.05, 0.1) is 26.4 Å². The fraction of sp³-hybridized carbons (Fsp3) is 0. The zero-order valence-corrected chi connectivity index (χ0v) is 18.2. The lowest BCUT2D eigenvalue weighted by atomic mass is 10.2. The number of nitrogens with one attached hydrogen (secondary N) is 2. The second-order valence-electron chi connectivity index (χ2n) is 6.19. The van der Waals surface area contributed by atoms with Crippen LogP contribution in [0.25, 0.3) is 10.2 Å². The monoisotopic (exact) mass is 477 g/mol. The van der Waals surface area contributed by atoms with Crippen LogP contribution in [0.1, 0.15) is 10.4 Å². The molecule has 0 spiro atoms. The van der Waals surface area contributed by atoms with Gasteiger partial charge in [0.15, 0.2) is 5.13 Å². The lowest BCUT2D eigenvalue weighted by Crippen LogP contribution is -2.18. The standard InChI is InChI=1S/C20H13Cl2N3O3S2/c21-12-5-8-14(9-6-12)30(27,28)25-16-4-2-1-3-15(16)19(26)24-20-23-17-10-7-13(22)11-18(17)29-20/h1-11,25H,(H,23,24,26). The van der Waals surface area contributed by atoms with Crippen molar-refractivity contribution in [3.8, 4) is 0 Å². The summed E-state index contributed by atoms with van der Waals surface area (Å²) in [5, 5.41) is 4.09. The molecule has 4 rings (SSSR count). The zero-order valence-electron chi connectivity index (χ0n) is 15.1. The Morgan fingerprint density at radius 2 is 1.63 bits per heavy atom. The molecule has 1 aromatic heterocycles. The second-order valence-corrected chi connectivity index (χ2v) is 9.78. The molecule has 2 N–H and O–H groups in total. The summed E-state index contributed by atoms with van der Waals surface area (Å²) < 4.78 is 28.7. The van der Waals surface area contributed by atoms with E-state index >= 15 is 0 Å². The van der Waals surface area contributed by atoms with Crippen LogP contribution in [0.3, 0.4) is 0 Å². The number of aromatic nitrogens is 1. The smallest absolute Gasteiger partial charge is 0.261 e. The first-order valence-electron chi connectivity index (χ1n) is 8.57. The fourth-order valence-electron chi connectivity index (χ4n) is 2.70. The first kappa shape index (κ1) is 20.6. The van der Waals surface area contributed by atoms with Crippen LogP contribution in [0.5, 0.6) is 0 Å². The maximum Gasteiger partial charge on any atom is 0.261 e. The van der Waals surface area contributed by atoms with Gasteiger partial charge in [0.2, 0.25) is 0 Å². The third-order valence-corrected chi connectivity index (χ3v) is 6.91. The van der Waals surface area contributed by atoms with E-state index in [9.17, 15) is 13.2 Å². The molecule has 0 unspecified atom stereocenters. The number of hydrogen-bond donors (Lipinski definition) is 2. The maximum atomic E-state index is 12.8. The normalized spacial score (nSPS) is 11.4. The van der Waals surface area contributed by atoms with E-state index in [0.29, 0.717) is 20.7 Å². The van der Waals surface area contributed by atoms with Crippen LogP contribution in [0.15, 0.2) is 71.6 Å². The number of para-hydroxylation sites is 1. The molecule has 1 amide bonds. The number of sulfonamides is 1. The van der Waals surface area contributed by atoms with E-state index in [1.807, 2.05) is 0 Å². The highest BCUT2D eigenvalue weighted by atomic mass is 35.5. The average Bonchev–Trinajstić information content (AvgIpc) is 3.09. The fourth-order valence-corrected chi connectivity index (χ4v) is 5.05. The molecule has 0 radical (unpaired) electrons. The molecule has 30 heavy (non-hydrogen) atoms. The Bertz CT molecular complexity index is 1350. The number of thiazole rings is 1. The predicted molar refractivity (Wildman–Crippen MR) is 121 cm³/mol. The second kappa shape index (κ2) is 8.23. The molecular formula is C20H13Cl2N3O3S2. The molecule has 0 saturated carbocycles. The van der Waals surface area contributed by atoms with E-state index < -0.39 is 15.9 Å². The van der Waals surface area contributed by atoms with Crippen molar-refractivity contribution < 1.29 is 13.2 Å². The number of hydrogen-bond acceptors (Lipinski definition) is 5. The van der Waals surface area contributed by atoms with Crippen molar-refractivity contribution in [1.82, 2.24) is 4.98 Å². The molecule has 0 fully saturated rings. The van der Waals surface area contributed by atoms with Crippen molar-refractivity contribution >= 4 is 71.5 Å². The predicted octanol–water partition coefficient (Wildman–Crippen LogP) is 5.66. The van der Waals surface area contributed by atoms with Gasteiger partial charge in [0, 0.05) is 10.0 Å². The lowest BCUT2D eigenvalue weighted by molar-refractivity contribution is 0.102. The molecule has 4 aromatic rings. The van der Waals surface area contributed by atoms with Crippen molar-refractivity contribution in [3.63, 3.8) is 0 Å². The number of rotatable bonds is 5. The van der Waals surface area contributed by atoms with Gasteiger partial charge in [0.25, 0.3) is 15.9 Å². The number of benzene rings is 3. The summed E-state index contributed by atoms with van der Waals surface area (Å²) in [4.78, 5) is 17.2. The van der Waals surface area contributed by atoms with Gasteiger partial charge < -0.3 is 0 Å². The van der Waals surface area contributed by atoms with Crippen LogP contribution in [0.2, 0.25) is 10.0 Å². The van der Waals surface area contributed by atoms with Crippen LogP contribution in [-0.2, 0) is 10.0 Å². The molecule has 0 atom stereocenters. The largest absolute Gasteiger partial charge is 0.298 e. The summed E-state index contributed by atoms with van der Waals surface area (Å²) >= 11 is 13.1. The van der Waals surface area contributed by atoms with Crippen molar-refractivity contribution in [2.24, 2.45) is 0 Å². The van der Waals surface area contributed by atoms with E-state index in [-0.39, 0.29) is 16.1 Å². The van der Waals surface area contributed by atoms with E-state index in [1.165, 1.54) is 47.7 Å². The van der Waals surface area contributed by atoms with Gasteiger partial charge in [-0.15, -0.1) is 0 Å². The first-order chi connectivity index (χ1) is 14.3. The highest BCUT2D eigenvalue weighted by Crippen LogP contribution is 2.29. The number of anilines is 2. The van der Waals surface area contributed by atoms with Crippen LogP contribution < -0.4 is 10.0 Å². The Morgan fingerprint density at radius 3 is 2.40 bits per heavy atom. The van der Waals surface area contributed by atoms with Crippen molar-refractivity contribution in [2.75, 3.05) is 10.0 Å². The highest BCUT2D eigenvalue weighted by molar-refractivity contribution is 7.92. The number of halogens is 2. The van der Waals surface area contributed by atoms with Gasteiger partial charge in [-0.25, -0.2) is 13.4 Å². The summed E-state index contributed by atoms with van der Waals surface area (Å²) in [6.07, 6.45) is 0. The summed E-state index contributed by atoms with van der Waals surface area (Å²) in [5.41, 5.74) is 1.01. The van der Waals surface area contributed by atoms with Gasteiger partial charge in [0.1, 0.15) is 0 Å². The number of nitrogens with zero attached hydrogens (tertiary/aromatic N) is 1. The average molecular weight is 478 g/mol. The minimum Gasteiger partial charge on any atom is -0.298 e. The lowest BCUT2D eigenvalue weighted by Gasteiger charge is -2.12. The number of amides is 1. The van der Waals surface area contributed by atoms with Gasteiger partial charge in [-0.05, 0) is 54.6 Å². The number of carbonyl (C=O) groups is 1. The van der Waals surface area contributed by atoms with Crippen molar-refractivity contribution in [2.45, 2.75) is 4.90 Å². The number of carbonyl (C=O) groups excluding carboxylic acids is 1. The maximum absolute atomic E-state index is 12.8. The van der Waals surface area contributed by atoms with E-state index in [4.69, 9.17) is 23.2 Å². The molecular weight excluding hydrogens is 465 g/mol. The van der Waals surface area contributed by atoms with Crippen LogP contribution in [-0.4, -0.2) is 19.3 Å². The highest BCUT2D eigenvalue weighted by Gasteiger charge is 2.19. The minimum atomic E-state index is -3.90. The van der Waals surface area contributed by atoms with Crippen molar-refractivity contribution in [1.29, 1.82) is 0 Å². The summed E-state index contributed by atoms with van der Waals surface area (Å²) in [6.45, 7) is 0. The molecule has 0 aliphatic carbocycles. The Kier molecular flexibility index (Phi) is 5.66. The molecule has 6 nitrogen and oxygen atoms in total. The Balaban J connectivity index is 1.60. The van der Waals surface area contributed by atoms with E-state index in [1.54, 1.807) is 30.3 Å². The van der Waals surface area contributed by atoms with Crippen LogP contribution in [0, 0.1) is 0 Å². The number of fused-ring (bicyclic) bond motifs is 1. The summed E-state index contributed by atoms with van der Waals surface area (Å²) in [7, 11) is -3.90. The quantitative estimate of drug-likeness (QED) is 0.388. The molecule has 1 heterocycles. The molecule has 152 valence electrons. The SMILES string of the molecule is O=C(Nc1nc2ccc(Cl)cc2s1)c1ccccc1NS(=O)(=O)c1ccc(Cl)cc1. The Labute approximate surface area is 186 Å². The summed E-state index contributed by atoms with van der Waals surface area (Å²) in [5.74, 6) is -0.491. The molecule has 0 aliphatic rings. The van der Waals surface area contributed by atoms with Crippen LogP contribution in [0.4, 0.5) is 10.8 Å². The van der Waals surface area contributed by atoms with Gasteiger partial charge in [-0.2, -0.15) is 0 Å². The topological polar surface area (TPSA) is 88.2 Å². The first-order valence-corrected chi connectivity index (χ1v) is 11.6. The third-order valence-electron chi connectivity index (χ3n) is 4.11. The molecule has 0 saturated heterocycles. The molecule has 3 aromatic carbocycles. The van der Waals surface area contributed by atoms with Gasteiger partial charge >= 0.3 is 0 Å². The van der Waals surface area contributed by atoms with Gasteiger partial charge in [-0.3, -0.25) is 14.8 Å². The van der Waals surface area contributed by atoms with Gasteiger partial charge in [-0.1, -0.05) is 46.7 Å². The minimum absolute atomic E-state index is 0.0326. The zero-order chi connectivity index (χ0) is 21.3. The summed E-state index contributed by atoms with van der Waals surface area (Å²) in [6, 6.07) is 17.3. The Morgan fingerprint density at radius 1 is 0.933 bits per heavy atom.